The van der Waals surface area contributed by atoms with Gasteiger partial charge in [0.2, 0.25) is 17.7 Å². The van der Waals surface area contributed by atoms with Crippen LogP contribution in [0.2, 0.25) is 0 Å². The van der Waals surface area contributed by atoms with E-state index in [0.717, 1.165) is 0 Å². The van der Waals surface area contributed by atoms with E-state index in [4.69, 9.17) is 13.9 Å². The first-order valence-corrected chi connectivity index (χ1v) is 10.7. The number of hydrogen-bond acceptors (Lipinski definition) is 6. The number of anilines is 1. The summed E-state index contributed by atoms with van der Waals surface area (Å²) < 4.78 is 16.3. The Hall–Kier alpha value is -3.49. The van der Waals surface area contributed by atoms with Crippen molar-refractivity contribution in [1.29, 1.82) is 0 Å². The molecule has 4 rings (SSSR count). The van der Waals surface area contributed by atoms with Crippen LogP contribution in [0.1, 0.15) is 26.0 Å². The fourth-order valence-electron chi connectivity index (χ4n) is 3.84. The van der Waals surface area contributed by atoms with E-state index in [-0.39, 0.29) is 43.1 Å². The Morgan fingerprint density at radius 2 is 1.94 bits per heavy atom. The Morgan fingerprint density at radius 3 is 2.66 bits per heavy atom. The second-order valence-electron chi connectivity index (χ2n) is 8.26. The monoisotopic (exact) mass is 441 g/mol. The summed E-state index contributed by atoms with van der Waals surface area (Å²) in [6.07, 6.45) is 1.62. The van der Waals surface area contributed by atoms with Crippen LogP contribution in [-0.4, -0.2) is 43.5 Å². The minimum atomic E-state index is -0.712. The lowest BCUT2D eigenvalue weighted by molar-refractivity contribution is -0.132. The molecule has 32 heavy (non-hydrogen) atoms. The lowest BCUT2D eigenvalue weighted by Gasteiger charge is -2.24. The molecule has 9 heteroatoms. The predicted molar refractivity (Wildman–Crippen MR) is 115 cm³/mol. The number of fused-ring (bicyclic) bond motifs is 1. The van der Waals surface area contributed by atoms with E-state index in [1.807, 2.05) is 13.8 Å². The number of carbonyl (C=O) groups is 3. The molecule has 9 nitrogen and oxygen atoms in total. The molecule has 0 saturated carbocycles. The van der Waals surface area contributed by atoms with Crippen molar-refractivity contribution < 1.29 is 28.3 Å². The quantitative estimate of drug-likeness (QED) is 0.679. The third kappa shape index (κ3) is 4.71. The van der Waals surface area contributed by atoms with Crippen LogP contribution in [0.4, 0.5) is 5.69 Å². The van der Waals surface area contributed by atoms with Crippen LogP contribution in [0.3, 0.4) is 0 Å². The lowest BCUT2D eigenvalue weighted by Crippen LogP contribution is -2.51. The highest BCUT2D eigenvalue weighted by molar-refractivity contribution is 6.01. The van der Waals surface area contributed by atoms with Gasteiger partial charge in [-0.15, -0.1) is 0 Å². The molecule has 1 aromatic heterocycles. The summed E-state index contributed by atoms with van der Waals surface area (Å²) >= 11 is 0. The summed E-state index contributed by atoms with van der Waals surface area (Å²) in [6, 6.07) is 8.10. The number of ether oxygens (including phenoxy) is 2. The van der Waals surface area contributed by atoms with Crippen molar-refractivity contribution in [3.8, 4) is 11.5 Å². The minimum absolute atomic E-state index is 0.0824. The number of carbonyl (C=O) groups excluding carboxylic acids is 3. The largest absolute Gasteiger partial charge is 0.486 e. The van der Waals surface area contributed by atoms with Crippen molar-refractivity contribution in [3.05, 3.63) is 42.4 Å². The molecule has 1 fully saturated rings. The van der Waals surface area contributed by atoms with Gasteiger partial charge in [0.1, 0.15) is 25.0 Å². The number of rotatable bonds is 7. The van der Waals surface area contributed by atoms with Crippen molar-refractivity contribution in [2.45, 2.75) is 32.9 Å². The zero-order valence-corrected chi connectivity index (χ0v) is 18.1. The molecule has 170 valence electrons. The standard InChI is InChI=1S/C23H27N3O6/c1-14(2)21(23(29)24-12-17-4-3-7-30-17)25-22(28)15-10-20(27)26(13-15)16-5-6-18-19(11-16)32-9-8-31-18/h3-7,11,14-15,21H,8-10,12-13H2,1-2H3,(H,24,29)(H,25,28)/t15-,21-/m0/s1. The van der Waals surface area contributed by atoms with Crippen LogP contribution in [0, 0.1) is 11.8 Å². The summed E-state index contributed by atoms with van der Waals surface area (Å²) in [5, 5.41) is 5.61. The van der Waals surface area contributed by atoms with E-state index < -0.39 is 12.0 Å². The smallest absolute Gasteiger partial charge is 0.243 e. The molecule has 2 atom stereocenters. The van der Waals surface area contributed by atoms with Crippen molar-refractivity contribution in [2.24, 2.45) is 11.8 Å². The highest BCUT2D eigenvalue weighted by Crippen LogP contribution is 2.36. The molecule has 2 aromatic rings. The summed E-state index contributed by atoms with van der Waals surface area (Å²) in [5.41, 5.74) is 0.658. The van der Waals surface area contributed by atoms with Gasteiger partial charge >= 0.3 is 0 Å². The molecule has 2 aliphatic rings. The molecule has 1 saturated heterocycles. The molecule has 0 unspecified atom stereocenters. The van der Waals surface area contributed by atoms with Crippen LogP contribution in [-0.2, 0) is 20.9 Å². The highest BCUT2D eigenvalue weighted by Gasteiger charge is 2.37. The fraction of sp³-hybridized carbons (Fsp3) is 0.435. The molecule has 2 N–H and O–H groups in total. The van der Waals surface area contributed by atoms with Gasteiger partial charge in [-0.2, -0.15) is 0 Å². The van der Waals surface area contributed by atoms with Crippen LogP contribution in [0.5, 0.6) is 11.5 Å². The molecule has 0 radical (unpaired) electrons. The minimum Gasteiger partial charge on any atom is -0.486 e. The van der Waals surface area contributed by atoms with Crippen molar-refractivity contribution in [3.63, 3.8) is 0 Å². The number of hydrogen-bond donors (Lipinski definition) is 2. The third-order valence-electron chi connectivity index (χ3n) is 5.60. The Morgan fingerprint density at radius 1 is 1.16 bits per heavy atom. The summed E-state index contributed by atoms with van der Waals surface area (Å²) in [5.74, 6) is 0.428. The molecule has 0 spiro atoms. The third-order valence-corrected chi connectivity index (χ3v) is 5.60. The topological polar surface area (TPSA) is 110 Å². The average Bonchev–Trinajstić information content (AvgIpc) is 3.45. The highest BCUT2D eigenvalue weighted by atomic mass is 16.6. The first-order chi connectivity index (χ1) is 15.4. The first kappa shape index (κ1) is 21.7. The second kappa shape index (κ2) is 9.33. The van der Waals surface area contributed by atoms with E-state index in [1.165, 1.54) is 6.26 Å². The molecule has 0 aliphatic carbocycles. The maximum atomic E-state index is 12.9. The van der Waals surface area contributed by atoms with Crippen molar-refractivity contribution in [1.82, 2.24) is 10.6 Å². The molecule has 2 aliphatic heterocycles. The summed E-state index contributed by atoms with van der Waals surface area (Å²) in [6.45, 7) is 5.14. The predicted octanol–water partition coefficient (Wildman–Crippen LogP) is 1.86. The zero-order chi connectivity index (χ0) is 22.7. The van der Waals surface area contributed by atoms with E-state index in [9.17, 15) is 14.4 Å². The fourth-order valence-corrected chi connectivity index (χ4v) is 3.84. The SMILES string of the molecule is CC(C)[C@H](NC(=O)[C@H]1CC(=O)N(c2ccc3c(c2)OCCO3)C1)C(=O)NCc1ccco1. The van der Waals surface area contributed by atoms with Gasteiger partial charge < -0.3 is 29.4 Å². The van der Waals surface area contributed by atoms with Crippen LogP contribution in [0.15, 0.2) is 41.0 Å². The van der Waals surface area contributed by atoms with Gasteiger partial charge in [0.15, 0.2) is 11.5 Å². The number of nitrogens with zero attached hydrogens (tertiary/aromatic N) is 1. The Labute approximate surface area is 186 Å². The van der Waals surface area contributed by atoms with Gasteiger partial charge in [-0.05, 0) is 30.2 Å². The van der Waals surface area contributed by atoms with Gasteiger partial charge in [0.25, 0.3) is 0 Å². The molecule has 1 aromatic carbocycles. The first-order valence-electron chi connectivity index (χ1n) is 10.7. The number of amides is 3. The second-order valence-corrected chi connectivity index (χ2v) is 8.26. The van der Waals surface area contributed by atoms with Gasteiger partial charge in [-0.25, -0.2) is 0 Å². The Balaban J connectivity index is 1.38. The van der Waals surface area contributed by atoms with E-state index in [0.29, 0.717) is 36.2 Å². The molecule has 3 heterocycles. The van der Waals surface area contributed by atoms with Crippen molar-refractivity contribution in [2.75, 3.05) is 24.7 Å². The lowest BCUT2D eigenvalue weighted by atomic mass is 10.0. The maximum Gasteiger partial charge on any atom is 0.243 e. The van der Waals surface area contributed by atoms with E-state index >= 15 is 0 Å². The summed E-state index contributed by atoms with van der Waals surface area (Å²) in [4.78, 5) is 39.8. The average molecular weight is 441 g/mol. The molecular formula is C23H27N3O6. The van der Waals surface area contributed by atoms with Gasteiger partial charge in [-0.1, -0.05) is 13.8 Å². The number of furan rings is 1. The van der Waals surface area contributed by atoms with Gasteiger partial charge in [0.05, 0.1) is 18.7 Å². The van der Waals surface area contributed by atoms with Gasteiger partial charge in [-0.3, -0.25) is 14.4 Å². The van der Waals surface area contributed by atoms with Crippen LogP contribution in [0.25, 0.3) is 0 Å². The van der Waals surface area contributed by atoms with Gasteiger partial charge in [0, 0.05) is 24.7 Å². The zero-order valence-electron chi connectivity index (χ0n) is 18.1. The molecular weight excluding hydrogens is 414 g/mol. The van der Waals surface area contributed by atoms with E-state index in [2.05, 4.69) is 10.6 Å². The van der Waals surface area contributed by atoms with Crippen LogP contribution >= 0.6 is 0 Å². The number of benzene rings is 1. The van der Waals surface area contributed by atoms with E-state index in [1.54, 1.807) is 35.2 Å². The summed E-state index contributed by atoms with van der Waals surface area (Å²) in [7, 11) is 0. The Kier molecular flexibility index (Phi) is 6.34. The van der Waals surface area contributed by atoms with Crippen molar-refractivity contribution >= 4 is 23.4 Å². The molecule has 3 amide bonds. The number of nitrogens with one attached hydrogen (secondary N) is 2. The Bertz CT molecular complexity index is 988. The van der Waals surface area contributed by atoms with Crippen LogP contribution < -0.4 is 25.0 Å². The normalized spacial score (nSPS) is 18.5. The molecule has 0 bridgehead atoms. The maximum absolute atomic E-state index is 12.9.